The largest absolute Gasteiger partial charge is 1.00 e. The molecule has 0 bridgehead atoms. The Balaban J connectivity index is 0. The molecule has 40 valence electrons. The second-order valence-corrected chi connectivity index (χ2v) is 8.59. The molecule has 0 heterocycles. The maximum Gasteiger partial charge on any atom is 0.104 e. The quantitative estimate of drug-likeness (QED) is 0.387. The van der Waals surface area contributed by atoms with E-state index in [4.69, 9.17) is 11.2 Å². The highest BCUT2D eigenvalue weighted by atomic mass is 35.7. The van der Waals surface area contributed by atoms with Gasteiger partial charge in [0, 0.05) is 0 Å². The summed E-state index contributed by atoms with van der Waals surface area (Å²) in [5, 5.41) is 0. The van der Waals surface area contributed by atoms with Gasteiger partial charge in [-0.05, 0) is 0 Å². The molecule has 0 rings (SSSR count). The van der Waals surface area contributed by atoms with Gasteiger partial charge in [0.2, 0.25) is 0 Å². The smallest absolute Gasteiger partial charge is 0.104 e. The molecule has 0 aromatic heterocycles. The summed E-state index contributed by atoms with van der Waals surface area (Å²) in [6.45, 7) is 5.28. The fraction of sp³-hybridized carbons (Fsp3) is 1.00. The molecular weight excluding hydrogens is 138 g/mol. The fourth-order valence-electron chi connectivity index (χ4n) is 0. The Morgan fingerprint density at radius 2 is 1.17 bits per heavy atom. The Morgan fingerprint density at radius 3 is 1.17 bits per heavy atom. The maximum absolute atomic E-state index is 5.64. The van der Waals surface area contributed by atoms with E-state index < -0.39 is 6.62 Å². The molecule has 0 atom stereocenters. The predicted molar refractivity (Wildman–Crippen MR) is 30.5 cm³/mol. The van der Waals surface area contributed by atoms with Crippen LogP contribution in [0.3, 0.4) is 0 Å². The first-order chi connectivity index (χ1) is 2.00. The van der Waals surface area contributed by atoms with Crippen molar-refractivity contribution in [1.29, 1.82) is 0 Å². The molecule has 0 nitrogen and oxygen atoms in total. The average molecular weight is 147 g/mol. The van der Waals surface area contributed by atoms with Crippen LogP contribution in [0.2, 0.25) is 0 Å². The Bertz CT molecular complexity index is 24.3. The fourth-order valence-corrected chi connectivity index (χ4v) is 0. The van der Waals surface area contributed by atoms with Crippen LogP contribution in [0.15, 0.2) is 0 Å². The van der Waals surface area contributed by atoms with Gasteiger partial charge in [-0.15, -0.1) is 0 Å². The molecule has 0 amide bonds. The summed E-state index contributed by atoms with van der Waals surface area (Å²) in [6, 6.07) is 0. The summed E-state index contributed by atoms with van der Waals surface area (Å²) in [6.07, 6.45) is 0. The van der Waals surface area contributed by atoms with Crippen LogP contribution < -0.4 is 12.4 Å². The van der Waals surface area contributed by atoms with E-state index in [0.29, 0.717) is 0 Å². The minimum Gasteiger partial charge on any atom is -1.00 e. The van der Waals surface area contributed by atoms with E-state index in [2.05, 4.69) is 20.0 Å². The van der Waals surface area contributed by atoms with Crippen molar-refractivity contribution in [3.63, 3.8) is 0 Å². The highest BCUT2D eigenvalue weighted by Crippen LogP contribution is 2.51. The summed E-state index contributed by atoms with van der Waals surface area (Å²) in [4.78, 5) is 0. The van der Waals surface area contributed by atoms with Crippen molar-refractivity contribution in [2.45, 2.75) is 0 Å². The molecule has 0 aliphatic carbocycles. The summed E-state index contributed by atoms with van der Waals surface area (Å²) < 4.78 is 0. The van der Waals surface area contributed by atoms with Crippen LogP contribution in [0, 0.1) is 0 Å². The first kappa shape index (κ1) is 10.1. The average Bonchev–Trinajstić information content (AvgIpc) is 0.722. The number of hydrogen-bond donors (Lipinski definition) is 0. The second kappa shape index (κ2) is 3.07. The van der Waals surface area contributed by atoms with Crippen molar-refractivity contribution in [1.82, 2.24) is 0 Å². The van der Waals surface area contributed by atoms with E-state index in [1.54, 1.807) is 0 Å². The summed E-state index contributed by atoms with van der Waals surface area (Å²) in [5.74, 6) is 0. The highest BCUT2D eigenvalue weighted by molar-refractivity contribution is 7.97. The third-order valence-electron chi connectivity index (χ3n) is 0. The van der Waals surface area contributed by atoms with Crippen LogP contribution in [-0.4, -0.2) is 20.0 Å². The Morgan fingerprint density at radius 1 is 1.17 bits per heavy atom. The van der Waals surface area contributed by atoms with Gasteiger partial charge in [0.05, 0.1) is 31.2 Å². The lowest BCUT2D eigenvalue weighted by atomic mass is 11.9. The lowest BCUT2D eigenvalue weighted by molar-refractivity contribution is -0.00000127. The van der Waals surface area contributed by atoms with E-state index in [0.717, 1.165) is 0 Å². The molecule has 0 saturated heterocycles. The molecule has 0 aromatic carbocycles. The monoisotopic (exact) mass is 146 g/mol. The third kappa shape index (κ3) is 79.0. The van der Waals surface area contributed by atoms with Crippen molar-refractivity contribution in [3.8, 4) is 0 Å². The van der Waals surface area contributed by atoms with Crippen LogP contribution in [0.25, 0.3) is 0 Å². The Kier molecular flexibility index (Phi) is 5.16. The van der Waals surface area contributed by atoms with Gasteiger partial charge >= 0.3 is 0 Å². The van der Waals surface area contributed by atoms with Gasteiger partial charge < -0.3 is 12.4 Å². The predicted octanol–water partition coefficient (Wildman–Crippen LogP) is -0.949. The Labute approximate surface area is 50.8 Å². The van der Waals surface area contributed by atoms with E-state index >= 15 is 0 Å². The number of halogens is 2. The van der Waals surface area contributed by atoms with Gasteiger partial charge in [-0.1, -0.05) is 0 Å². The molecule has 0 aliphatic heterocycles. The van der Waals surface area contributed by atoms with Gasteiger partial charge in [-0.25, -0.2) is 0 Å². The summed E-state index contributed by atoms with van der Waals surface area (Å²) in [7, 11) is 0. The lowest BCUT2D eigenvalue weighted by Gasteiger charge is -1.91. The zero-order valence-corrected chi connectivity index (χ0v) is 6.61. The SMILES string of the molecule is C[P+](C)(C)Cl.[Cl-]. The number of rotatable bonds is 0. The normalized spacial score (nSPS) is 10.0. The number of hydrogen-bond acceptors (Lipinski definition) is 0. The van der Waals surface area contributed by atoms with Crippen molar-refractivity contribution in [2.75, 3.05) is 20.0 Å². The van der Waals surface area contributed by atoms with Crippen LogP contribution in [0.5, 0.6) is 0 Å². The minimum atomic E-state index is -0.917. The van der Waals surface area contributed by atoms with Crippen LogP contribution >= 0.6 is 17.9 Å². The molecule has 3 heteroatoms. The first-order valence-electron chi connectivity index (χ1n) is 1.51. The molecule has 0 saturated carbocycles. The summed E-state index contributed by atoms with van der Waals surface area (Å²) in [5.41, 5.74) is 0. The van der Waals surface area contributed by atoms with Crippen molar-refractivity contribution < 1.29 is 12.4 Å². The summed E-state index contributed by atoms with van der Waals surface area (Å²) >= 11 is 5.64. The third-order valence-corrected chi connectivity index (χ3v) is 0. The molecule has 0 spiro atoms. The van der Waals surface area contributed by atoms with Crippen molar-refractivity contribution >= 4 is 17.9 Å². The second-order valence-electron chi connectivity index (χ2n) is 1.85. The van der Waals surface area contributed by atoms with Gasteiger partial charge in [0.15, 0.2) is 0 Å². The Hall–Kier alpha value is 1.01. The van der Waals surface area contributed by atoms with Crippen molar-refractivity contribution in [2.24, 2.45) is 0 Å². The van der Waals surface area contributed by atoms with E-state index in [1.807, 2.05) is 0 Å². The van der Waals surface area contributed by atoms with Crippen LogP contribution in [0.1, 0.15) is 0 Å². The van der Waals surface area contributed by atoms with Crippen LogP contribution in [0.4, 0.5) is 0 Å². The molecule has 0 fully saturated rings. The maximum atomic E-state index is 5.64. The molecule has 0 aliphatic rings. The molecule has 0 radical (unpaired) electrons. The van der Waals surface area contributed by atoms with Gasteiger partial charge in [0.1, 0.15) is 6.62 Å². The molecular formula is C3H9Cl2P. The van der Waals surface area contributed by atoms with Gasteiger partial charge in [0.25, 0.3) is 0 Å². The van der Waals surface area contributed by atoms with Gasteiger partial charge in [-0.3, -0.25) is 0 Å². The topological polar surface area (TPSA) is 0 Å². The van der Waals surface area contributed by atoms with Crippen molar-refractivity contribution in [3.05, 3.63) is 0 Å². The minimum absolute atomic E-state index is 0. The molecule has 0 N–H and O–H groups in total. The van der Waals surface area contributed by atoms with E-state index in [-0.39, 0.29) is 12.4 Å². The zero-order chi connectivity index (χ0) is 4.50. The highest BCUT2D eigenvalue weighted by Gasteiger charge is 2.09. The zero-order valence-electron chi connectivity index (χ0n) is 4.20. The van der Waals surface area contributed by atoms with Crippen LogP contribution in [-0.2, 0) is 0 Å². The van der Waals surface area contributed by atoms with E-state index in [9.17, 15) is 0 Å². The van der Waals surface area contributed by atoms with E-state index in [1.165, 1.54) is 0 Å². The molecule has 6 heavy (non-hydrogen) atoms. The van der Waals surface area contributed by atoms with Gasteiger partial charge in [-0.2, -0.15) is 0 Å². The first-order valence-corrected chi connectivity index (χ1v) is 5.55. The molecule has 0 aromatic rings. The molecule has 0 unspecified atom stereocenters. The lowest BCUT2D eigenvalue weighted by Crippen LogP contribution is -3.00. The standard InChI is InChI=1S/C3H9ClP.ClH/c1-5(2,3)4;/h1-3H3;1H/q+1;/p-1.